The van der Waals surface area contributed by atoms with Gasteiger partial charge in [0, 0.05) is 26.1 Å². The first-order chi connectivity index (χ1) is 8.53. The molecule has 0 aromatic heterocycles. The van der Waals surface area contributed by atoms with Gasteiger partial charge < -0.3 is 20.9 Å². The van der Waals surface area contributed by atoms with Crippen molar-refractivity contribution in [3.8, 4) is 0 Å². The highest BCUT2D eigenvalue weighted by atomic mass is 19.4. The molecule has 0 saturated carbocycles. The molecular formula is C10H15F3N2O4. The summed E-state index contributed by atoms with van der Waals surface area (Å²) < 4.78 is 42.8. The third-order valence-corrected chi connectivity index (χ3v) is 3.17. The highest BCUT2D eigenvalue weighted by molar-refractivity contribution is 5.92. The molecule has 1 unspecified atom stereocenters. The Hall–Kier alpha value is -1.35. The van der Waals surface area contributed by atoms with Crippen molar-refractivity contribution in [1.29, 1.82) is 0 Å². The summed E-state index contributed by atoms with van der Waals surface area (Å²) in [6.07, 6.45) is -5.19. The summed E-state index contributed by atoms with van der Waals surface area (Å²) in [6.45, 7) is 0.580. The first kappa shape index (κ1) is 15.7. The average molecular weight is 284 g/mol. The topological polar surface area (TPSA) is 102 Å². The zero-order valence-electron chi connectivity index (χ0n) is 10.2. The van der Waals surface area contributed by atoms with Gasteiger partial charge in [-0.3, -0.25) is 4.79 Å². The molecule has 0 spiro atoms. The van der Waals surface area contributed by atoms with Crippen molar-refractivity contribution < 1.29 is 32.6 Å². The Morgan fingerprint density at radius 3 is 2.16 bits per heavy atom. The van der Waals surface area contributed by atoms with E-state index in [4.69, 9.17) is 15.6 Å². The van der Waals surface area contributed by atoms with Crippen LogP contribution in [0.4, 0.5) is 13.2 Å². The lowest BCUT2D eigenvalue weighted by atomic mass is 9.88. The number of amides is 1. The van der Waals surface area contributed by atoms with E-state index in [0.717, 1.165) is 0 Å². The Morgan fingerprint density at radius 1 is 1.32 bits per heavy atom. The maximum Gasteiger partial charge on any atom is 0.415 e. The maximum absolute atomic E-state index is 12.6. The fourth-order valence-electron chi connectivity index (χ4n) is 1.59. The van der Waals surface area contributed by atoms with Gasteiger partial charge in [0.15, 0.2) is 5.54 Å². The quantitative estimate of drug-likeness (QED) is 0.678. The monoisotopic (exact) mass is 284 g/mol. The Morgan fingerprint density at radius 2 is 1.79 bits per heavy atom. The smallest absolute Gasteiger partial charge is 0.415 e. The van der Waals surface area contributed by atoms with E-state index < -0.39 is 29.1 Å². The first-order valence-electron chi connectivity index (χ1n) is 5.52. The molecule has 0 aliphatic carbocycles. The van der Waals surface area contributed by atoms with Gasteiger partial charge in [0.2, 0.25) is 5.91 Å². The van der Waals surface area contributed by atoms with Crippen LogP contribution < -0.4 is 11.1 Å². The van der Waals surface area contributed by atoms with Crippen molar-refractivity contribution in [1.82, 2.24) is 5.32 Å². The Labute approximate surface area is 107 Å². The molecule has 6 nitrogen and oxygen atoms in total. The SMILES string of the molecule is CC(N)(C(=O)NC1(C(=O)O)CCOCC1)C(F)(F)F. The number of carbonyl (C=O) groups excluding carboxylic acids is 1. The second kappa shape index (κ2) is 4.97. The molecule has 0 aromatic rings. The van der Waals surface area contributed by atoms with Crippen molar-refractivity contribution in [3.63, 3.8) is 0 Å². The van der Waals surface area contributed by atoms with Crippen molar-refractivity contribution in [2.24, 2.45) is 5.73 Å². The Kier molecular flexibility index (Phi) is 4.11. The molecule has 0 aromatic carbocycles. The molecule has 110 valence electrons. The molecule has 9 heteroatoms. The summed E-state index contributed by atoms with van der Waals surface area (Å²) >= 11 is 0. The maximum atomic E-state index is 12.6. The van der Waals surface area contributed by atoms with Crippen LogP contribution in [0.15, 0.2) is 0 Å². The van der Waals surface area contributed by atoms with Crippen molar-refractivity contribution >= 4 is 11.9 Å². The number of hydrogen-bond donors (Lipinski definition) is 3. The van der Waals surface area contributed by atoms with Crippen LogP contribution in [-0.4, -0.2) is 47.5 Å². The summed E-state index contributed by atoms with van der Waals surface area (Å²) in [6, 6.07) is 0. The third kappa shape index (κ3) is 2.98. The number of nitrogens with two attached hydrogens (primary N) is 1. The van der Waals surface area contributed by atoms with Crippen molar-refractivity contribution in [3.05, 3.63) is 0 Å². The predicted octanol–water partition coefficient (Wildman–Crippen LogP) is 0.0161. The number of rotatable bonds is 3. The van der Waals surface area contributed by atoms with Gasteiger partial charge in [-0.05, 0) is 6.92 Å². The van der Waals surface area contributed by atoms with E-state index in [-0.39, 0.29) is 26.1 Å². The van der Waals surface area contributed by atoms with E-state index in [1.54, 1.807) is 0 Å². The van der Waals surface area contributed by atoms with Crippen LogP contribution in [0, 0.1) is 0 Å². The number of carboxylic acid groups (broad SMARTS) is 1. The van der Waals surface area contributed by atoms with Crippen LogP contribution in [0.1, 0.15) is 19.8 Å². The van der Waals surface area contributed by atoms with Crippen LogP contribution in [0.25, 0.3) is 0 Å². The van der Waals surface area contributed by atoms with E-state index in [1.165, 1.54) is 0 Å². The van der Waals surface area contributed by atoms with Gasteiger partial charge in [0.25, 0.3) is 0 Å². The van der Waals surface area contributed by atoms with Crippen molar-refractivity contribution in [2.75, 3.05) is 13.2 Å². The molecule has 0 radical (unpaired) electrons. The highest BCUT2D eigenvalue weighted by Gasteiger charge is 2.56. The number of aliphatic carboxylic acids is 1. The number of hydrogen-bond acceptors (Lipinski definition) is 4. The molecule has 1 aliphatic heterocycles. The second-order valence-corrected chi connectivity index (χ2v) is 4.65. The van der Waals surface area contributed by atoms with E-state index >= 15 is 0 Å². The highest BCUT2D eigenvalue weighted by Crippen LogP contribution is 2.30. The second-order valence-electron chi connectivity index (χ2n) is 4.65. The summed E-state index contributed by atoms with van der Waals surface area (Å²) in [4.78, 5) is 22.8. The number of ether oxygens (including phenoxy) is 1. The van der Waals surface area contributed by atoms with Gasteiger partial charge in [0.1, 0.15) is 5.54 Å². The molecule has 1 rings (SSSR count). The van der Waals surface area contributed by atoms with Crippen LogP contribution >= 0.6 is 0 Å². The molecule has 1 heterocycles. The summed E-state index contributed by atoms with van der Waals surface area (Å²) in [5.74, 6) is -2.97. The third-order valence-electron chi connectivity index (χ3n) is 3.17. The molecule has 4 N–H and O–H groups in total. The van der Waals surface area contributed by atoms with Crippen molar-refractivity contribution in [2.45, 2.75) is 37.0 Å². The summed E-state index contributed by atoms with van der Waals surface area (Å²) in [5, 5.41) is 11.0. The number of carbonyl (C=O) groups is 2. The Balaban J connectivity index is 2.92. The van der Waals surface area contributed by atoms with Gasteiger partial charge >= 0.3 is 12.1 Å². The average Bonchev–Trinajstić information content (AvgIpc) is 2.28. The van der Waals surface area contributed by atoms with E-state index in [1.807, 2.05) is 5.32 Å². The zero-order valence-corrected chi connectivity index (χ0v) is 10.2. The fraction of sp³-hybridized carbons (Fsp3) is 0.800. The number of carboxylic acids is 1. The van der Waals surface area contributed by atoms with Crippen LogP contribution in [0.5, 0.6) is 0 Å². The van der Waals surface area contributed by atoms with Gasteiger partial charge in [-0.1, -0.05) is 0 Å². The molecule has 0 bridgehead atoms. The molecule has 1 amide bonds. The minimum Gasteiger partial charge on any atom is -0.480 e. The normalized spacial score (nSPS) is 22.4. The molecule has 1 aliphatic rings. The molecule has 1 atom stereocenters. The van der Waals surface area contributed by atoms with E-state index in [9.17, 15) is 22.8 Å². The van der Waals surface area contributed by atoms with Crippen LogP contribution in [0.2, 0.25) is 0 Å². The first-order valence-corrected chi connectivity index (χ1v) is 5.52. The van der Waals surface area contributed by atoms with Crippen LogP contribution in [-0.2, 0) is 14.3 Å². The zero-order chi connectivity index (χ0) is 14.9. The Bertz CT molecular complexity index is 375. The lowest BCUT2D eigenvalue weighted by Crippen LogP contribution is -2.67. The molecular weight excluding hydrogens is 269 g/mol. The van der Waals surface area contributed by atoms with Gasteiger partial charge in [-0.25, -0.2) is 4.79 Å². The van der Waals surface area contributed by atoms with Gasteiger partial charge in [-0.15, -0.1) is 0 Å². The fourth-order valence-corrected chi connectivity index (χ4v) is 1.59. The standard InChI is InChI=1S/C10H15F3N2O4/c1-8(14,10(11,12)13)6(16)15-9(7(17)18)2-4-19-5-3-9/h2-5,14H2,1H3,(H,15,16)(H,17,18). The van der Waals surface area contributed by atoms with Gasteiger partial charge in [0.05, 0.1) is 0 Å². The molecule has 1 saturated heterocycles. The van der Waals surface area contributed by atoms with Crippen LogP contribution in [0.3, 0.4) is 0 Å². The summed E-state index contributed by atoms with van der Waals surface area (Å²) in [7, 11) is 0. The number of alkyl halides is 3. The lowest BCUT2D eigenvalue weighted by molar-refractivity contribution is -0.190. The van der Waals surface area contributed by atoms with Gasteiger partial charge in [-0.2, -0.15) is 13.2 Å². The lowest BCUT2D eigenvalue weighted by Gasteiger charge is -2.37. The largest absolute Gasteiger partial charge is 0.480 e. The van der Waals surface area contributed by atoms with E-state index in [0.29, 0.717) is 6.92 Å². The number of nitrogens with one attached hydrogen (secondary N) is 1. The predicted molar refractivity (Wildman–Crippen MR) is 57.2 cm³/mol. The molecule has 19 heavy (non-hydrogen) atoms. The molecule has 1 fully saturated rings. The summed E-state index contributed by atoms with van der Waals surface area (Å²) in [5.41, 5.74) is 0.0445. The minimum absolute atomic E-state index is 0.0416. The number of halogens is 3. The minimum atomic E-state index is -4.97. The van der Waals surface area contributed by atoms with E-state index in [2.05, 4.69) is 0 Å².